The van der Waals surface area contributed by atoms with E-state index in [0.717, 1.165) is 30.1 Å². The normalized spacial score (nSPS) is 28.4. The molecule has 3 aliphatic heterocycles. The number of hydrogen-bond acceptors (Lipinski definition) is 6. The number of amides is 4. The van der Waals surface area contributed by atoms with Crippen LogP contribution in [-0.4, -0.2) is 77.7 Å². The lowest BCUT2D eigenvalue weighted by Gasteiger charge is -2.43. The van der Waals surface area contributed by atoms with Crippen LogP contribution < -0.4 is 16.0 Å². The minimum atomic E-state index is -0.703. The second kappa shape index (κ2) is 6.50. The Labute approximate surface area is 157 Å². The molecular weight excluding hydrogens is 348 g/mol. The van der Waals surface area contributed by atoms with Crippen molar-refractivity contribution in [2.75, 3.05) is 31.6 Å². The standard InChI is InChI=1S/C18H24N6O3/c1-11-4-6-12(7-5-11)22-8-3-9-23-14-15(20-17(22)23)21(2)18(27)24(16(14)26)10-13(19)25/h4-7,14-15,17,20H,3,8-10H2,1-2H3,(H2,19,25). The molecule has 9 heteroatoms. The quantitative estimate of drug-likeness (QED) is 0.739. The van der Waals surface area contributed by atoms with Gasteiger partial charge in [0.2, 0.25) is 5.91 Å². The Morgan fingerprint density at radius 1 is 1.22 bits per heavy atom. The highest BCUT2D eigenvalue weighted by Gasteiger charge is 2.56. The molecule has 0 radical (unpaired) electrons. The Kier molecular flexibility index (Phi) is 4.27. The molecule has 144 valence electrons. The van der Waals surface area contributed by atoms with Crippen LogP contribution in [0.2, 0.25) is 0 Å². The van der Waals surface area contributed by atoms with Crippen molar-refractivity contribution >= 4 is 23.5 Å². The number of nitrogens with one attached hydrogen (secondary N) is 1. The topological polar surface area (TPSA) is 102 Å². The molecule has 0 aliphatic carbocycles. The summed E-state index contributed by atoms with van der Waals surface area (Å²) in [7, 11) is 1.64. The molecule has 3 unspecified atom stereocenters. The first-order valence-corrected chi connectivity index (χ1v) is 9.10. The second-order valence-electron chi connectivity index (χ2n) is 7.33. The Morgan fingerprint density at radius 3 is 2.59 bits per heavy atom. The van der Waals surface area contributed by atoms with Gasteiger partial charge < -0.3 is 15.5 Å². The van der Waals surface area contributed by atoms with Gasteiger partial charge in [-0.1, -0.05) is 17.7 Å². The SMILES string of the molecule is Cc1ccc(N2CCCN3C4C(=O)N(CC(N)=O)C(=O)N(C)C4NC23)cc1. The third kappa shape index (κ3) is 2.83. The van der Waals surface area contributed by atoms with Crippen molar-refractivity contribution in [3.63, 3.8) is 0 Å². The van der Waals surface area contributed by atoms with E-state index in [0.29, 0.717) is 0 Å². The van der Waals surface area contributed by atoms with Gasteiger partial charge in [-0.25, -0.2) is 4.79 Å². The van der Waals surface area contributed by atoms with Crippen LogP contribution in [-0.2, 0) is 9.59 Å². The molecule has 3 N–H and O–H groups in total. The summed E-state index contributed by atoms with van der Waals surface area (Å²) in [4.78, 5) is 43.6. The predicted molar refractivity (Wildman–Crippen MR) is 98.4 cm³/mol. The summed E-state index contributed by atoms with van der Waals surface area (Å²) in [6.45, 7) is 3.24. The molecule has 3 atom stereocenters. The zero-order valence-corrected chi connectivity index (χ0v) is 15.5. The monoisotopic (exact) mass is 372 g/mol. The number of primary amides is 1. The van der Waals surface area contributed by atoms with Crippen molar-refractivity contribution < 1.29 is 14.4 Å². The van der Waals surface area contributed by atoms with E-state index in [1.54, 1.807) is 7.05 Å². The van der Waals surface area contributed by atoms with Gasteiger partial charge >= 0.3 is 6.03 Å². The smallest absolute Gasteiger partial charge is 0.328 e. The van der Waals surface area contributed by atoms with E-state index < -0.39 is 30.7 Å². The molecule has 0 bridgehead atoms. The third-order valence-electron chi connectivity index (χ3n) is 5.55. The van der Waals surface area contributed by atoms with Gasteiger partial charge in [0.25, 0.3) is 5.91 Å². The van der Waals surface area contributed by atoms with Crippen molar-refractivity contribution in [3.8, 4) is 0 Å². The number of carbonyl (C=O) groups excluding carboxylic acids is 3. The van der Waals surface area contributed by atoms with Gasteiger partial charge in [0.15, 0.2) is 0 Å². The number of fused-ring (bicyclic) bond motifs is 3. The summed E-state index contributed by atoms with van der Waals surface area (Å²) < 4.78 is 0. The fourth-order valence-electron chi connectivity index (χ4n) is 4.22. The Morgan fingerprint density at radius 2 is 1.93 bits per heavy atom. The summed E-state index contributed by atoms with van der Waals surface area (Å²) in [5.74, 6) is -1.08. The van der Waals surface area contributed by atoms with Gasteiger partial charge in [-0.15, -0.1) is 0 Å². The van der Waals surface area contributed by atoms with Gasteiger partial charge in [0.1, 0.15) is 25.0 Å². The number of carbonyl (C=O) groups is 3. The molecule has 27 heavy (non-hydrogen) atoms. The van der Waals surface area contributed by atoms with Gasteiger partial charge in [-0.05, 0) is 25.5 Å². The number of benzene rings is 1. The maximum atomic E-state index is 13.0. The zero-order valence-electron chi connectivity index (χ0n) is 15.5. The lowest BCUT2D eigenvalue weighted by molar-refractivity contribution is -0.141. The Bertz CT molecular complexity index is 782. The highest BCUT2D eigenvalue weighted by molar-refractivity contribution is 6.03. The number of aryl methyl sites for hydroxylation is 1. The number of imide groups is 1. The highest BCUT2D eigenvalue weighted by Crippen LogP contribution is 2.32. The molecular formula is C18H24N6O3. The molecule has 1 aromatic rings. The van der Waals surface area contributed by atoms with Crippen molar-refractivity contribution in [1.29, 1.82) is 0 Å². The molecule has 3 heterocycles. The van der Waals surface area contributed by atoms with Crippen molar-refractivity contribution in [2.45, 2.75) is 31.8 Å². The van der Waals surface area contributed by atoms with Gasteiger partial charge in [-0.2, -0.15) is 0 Å². The first kappa shape index (κ1) is 17.7. The number of likely N-dealkylation sites (N-methyl/N-ethyl adjacent to an activating group) is 1. The molecule has 3 fully saturated rings. The van der Waals surface area contributed by atoms with Gasteiger partial charge in [0, 0.05) is 25.8 Å². The van der Waals surface area contributed by atoms with Crippen LogP contribution in [0.15, 0.2) is 24.3 Å². The maximum Gasteiger partial charge on any atom is 0.328 e. The van der Waals surface area contributed by atoms with E-state index in [9.17, 15) is 14.4 Å². The highest BCUT2D eigenvalue weighted by atomic mass is 16.2. The lowest BCUT2D eigenvalue weighted by Crippen LogP contribution is -2.67. The average molecular weight is 372 g/mol. The number of nitrogens with zero attached hydrogens (tertiary/aromatic N) is 4. The van der Waals surface area contributed by atoms with E-state index in [1.807, 2.05) is 6.92 Å². The number of rotatable bonds is 3. The summed E-state index contributed by atoms with van der Waals surface area (Å²) >= 11 is 0. The fraction of sp³-hybridized carbons (Fsp3) is 0.500. The second-order valence-corrected chi connectivity index (χ2v) is 7.33. The maximum absolute atomic E-state index is 13.0. The first-order valence-electron chi connectivity index (χ1n) is 9.10. The molecule has 3 aliphatic rings. The molecule has 3 saturated heterocycles. The van der Waals surface area contributed by atoms with Crippen LogP contribution >= 0.6 is 0 Å². The third-order valence-corrected chi connectivity index (χ3v) is 5.55. The molecule has 4 amide bonds. The van der Waals surface area contributed by atoms with Gasteiger partial charge in [-0.3, -0.25) is 24.7 Å². The summed E-state index contributed by atoms with van der Waals surface area (Å²) in [5, 5.41) is 3.44. The lowest BCUT2D eigenvalue weighted by atomic mass is 10.1. The average Bonchev–Trinajstić information content (AvgIpc) is 3.04. The number of urea groups is 1. The minimum Gasteiger partial charge on any atom is -0.368 e. The predicted octanol–water partition coefficient (Wildman–Crippen LogP) is -0.532. The molecule has 0 spiro atoms. The van der Waals surface area contributed by atoms with Crippen LogP contribution in [0.5, 0.6) is 0 Å². The first-order chi connectivity index (χ1) is 12.9. The minimum absolute atomic E-state index is 0.191. The van der Waals surface area contributed by atoms with E-state index in [2.05, 4.69) is 39.4 Å². The number of nitrogens with two attached hydrogens (primary N) is 1. The number of anilines is 1. The van der Waals surface area contributed by atoms with E-state index >= 15 is 0 Å². The zero-order chi connectivity index (χ0) is 19.3. The number of hydrogen-bond donors (Lipinski definition) is 2. The van der Waals surface area contributed by atoms with Crippen LogP contribution in [0.25, 0.3) is 0 Å². The van der Waals surface area contributed by atoms with Crippen LogP contribution in [0.4, 0.5) is 10.5 Å². The van der Waals surface area contributed by atoms with Crippen LogP contribution in [0.3, 0.4) is 0 Å². The van der Waals surface area contributed by atoms with E-state index in [1.165, 1.54) is 10.5 Å². The van der Waals surface area contributed by atoms with Crippen molar-refractivity contribution in [3.05, 3.63) is 29.8 Å². The molecule has 9 nitrogen and oxygen atoms in total. The van der Waals surface area contributed by atoms with Crippen molar-refractivity contribution in [2.24, 2.45) is 5.73 Å². The molecule has 0 saturated carbocycles. The summed E-state index contributed by atoms with van der Waals surface area (Å²) in [6, 6.07) is 7.22. The summed E-state index contributed by atoms with van der Waals surface area (Å²) in [6.07, 6.45) is 0.269. The van der Waals surface area contributed by atoms with Crippen molar-refractivity contribution in [1.82, 2.24) is 20.0 Å². The molecule has 4 rings (SSSR count). The fourth-order valence-corrected chi connectivity index (χ4v) is 4.22. The van der Waals surface area contributed by atoms with E-state index in [-0.39, 0.29) is 12.2 Å². The largest absolute Gasteiger partial charge is 0.368 e. The molecule has 0 aromatic heterocycles. The van der Waals surface area contributed by atoms with Crippen LogP contribution in [0, 0.1) is 6.92 Å². The van der Waals surface area contributed by atoms with E-state index in [4.69, 9.17) is 5.73 Å². The molecule has 1 aromatic carbocycles. The Hall–Kier alpha value is -2.65. The van der Waals surface area contributed by atoms with Crippen LogP contribution in [0.1, 0.15) is 12.0 Å². The Balaban J connectivity index is 1.65. The summed E-state index contributed by atoms with van der Waals surface area (Å²) in [5.41, 5.74) is 7.48. The van der Waals surface area contributed by atoms with Gasteiger partial charge in [0.05, 0.1) is 0 Å².